The molecule has 1 aliphatic rings. The number of amides is 2. The van der Waals surface area contributed by atoms with E-state index in [1.807, 2.05) is 0 Å². The molecular weight excluding hydrogens is 284 g/mol. The fourth-order valence-electron chi connectivity index (χ4n) is 2.28. The van der Waals surface area contributed by atoms with Crippen molar-refractivity contribution in [1.29, 1.82) is 0 Å². The summed E-state index contributed by atoms with van der Waals surface area (Å²) in [6, 6.07) is -0.690. The summed E-state index contributed by atoms with van der Waals surface area (Å²) >= 11 is 5.90. The van der Waals surface area contributed by atoms with Gasteiger partial charge in [-0.2, -0.15) is 0 Å². The Hall–Kier alpha value is -1.89. The Morgan fingerprint density at radius 3 is 2.75 bits per heavy atom. The average Bonchev–Trinajstić information content (AvgIpc) is 2.46. The normalized spacial score (nSPS) is 18.7. The van der Waals surface area contributed by atoms with Crippen LogP contribution in [0, 0.1) is 0 Å². The van der Waals surface area contributed by atoms with Gasteiger partial charge in [0.05, 0.1) is 0 Å². The highest BCUT2D eigenvalue weighted by Crippen LogP contribution is 2.23. The molecule has 8 heteroatoms. The van der Waals surface area contributed by atoms with E-state index in [2.05, 4.69) is 9.97 Å². The number of likely N-dealkylation sites (tertiary alicyclic amines) is 1. The smallest absolute Gasteiger partial charge is 0.407 e. The van der Waals surface area contributed by atoms with Gasteiger partial charge in [-0.25, -0.2) is 14.8 Å². The molecule has 1 atom stereocenters. The molecule has 0 radical (unpaired) electrons. The molecule has 2 amide bonds. The third kappa shape index (κ3) is 2.82. The van der Waals surface area contributed by atoms with Gasteiger partial charge < -0.3 is 5.11 Å². The fraction of sp³-hybridized carbons (Fsp3) is 0.500. The lowest BCUT2D eigenvalue weighted by Crippen LogP contribution is -2.52. The van der Waals surface area contributed by atoms with Crippen LogP contribution in [-0.2, 0) is 4.79 Å². The number of carboxylic acid groups (broad SMARTS) is 1. The molecule has 0 spiro atoms. The van der Waals surface area contributed by atoms with Gasteiger partial charge >= 0.3 is 6.09 Å². The summed E-state index contributed by atoms with van der Waals surface area (Å²) in [5.74, 6) is -0.107. The zero-order valence-corrected chi connectivity index (χ0v) is 11.7. The lowest BCUT2D eigenvalue weighted by atomic mass is 10.0. The Bertz CT molecular complexity index is 525. The average molecular weight is 299 g/mol. The van der Waals surface area contributed by atoms with Crippen LogP contribution in [0.15, 0.2) is 12.4 Å². The third-order valence-corrected chi connectivity index (χ3v) is 3.58. The maximum Gasteiger partial charge on any atom is 0.407 e. The van der Waals surface area contributed by atoms with E-state index < -0.39 is 12.1 Å². The Kier molecular flexibility index (Phi) is 4.39. The number of hydrogen-bond donors (Lipinski definition) is 1. The molecule has 0 bridgehead atoms. The number of rotatable bonds is 2. The summed E-state index contributed by atoms with van der Waals surface area (Å²) in [5, 5.41) is 9.28. The molecule has 1 unspecified atom stereocenters. The van der Waals surface area contributed by atoms with Gasteiger partial charge in [-0.3, -0.25) is 14.6 Å². The van der Waals surface area contributed by atoms with E-state index in [0.29, 0.717) is 13.0 Å². The first-order valence-corrected chi connectivity index (χ1v) is 6.64. The Balaban J connectivity index is 2.21. The number of carbonyl (C=O) groups is 2. The van der Waals surface area contributed by atoms with E-state index in [1.165, 1.54) is 29.2 Å². The molecule has 0 saturated carbocycles. The summed E-state index contributed by atoms with van der Waals surface area (Å²) in [7, 11) is 1.52. The lowest BCUT2D eigenvalue weighted by molar-refractivity contribution is -0.124. The first-order valence-electron chi connectivity index (χ1n) is 6.26. The highest BCUT2D eigenvalue weighted by Gasteiger charge is 2.34. The van der Waals surface area contributed by atoms with Crippen molar-refractivity contribution in [2.24, 2.45) is 0 Å². The van der Waals surface area contributed by atoms with Crippen molar-refractivity contribution in [3.8, 4) is 0 Å². The lowest BCUT2D eigenvalue weighted by Gasteiger charge is -2.34. The summed E-state index contributed by atoms with van der Waals surface area (Å²) < 4.78 is 0. The number of nitrogens with zero attached hydrogens (tertiary/aromatic N) is 4. The number of piperidine rings is 1. The molecule has 1 aliphatic heterocycles. The first-order chi connectivity index (χ1) is 9.52. The van der Waals surface area contributed by atoms with Crippen LogP contribution < -0.4 is 4.90 Å². The summed E-state index contributed by atoms with van der Waals surface area (Å²) in [4.78, 5) is 34.0. The minimum Gasteiger partial charge on any atom is -0.465 e. The van der Waals surface area contributed by atoms with Crippen LogP contribution in [0.1, 0.15) is 19.3 Å². The molecule has 108 valence electrons. The van der Waals surface area contributed by atoms with E-state index >= 15 is 0 Å². The minimum absolute atomic E-state index is 0.112. The van der Waals surface area contributed by atoms with Gasteiger partial charge in [0.2, 0.25) is 0 Å². The summed E-state index contributed by atoms with van der Waals surface area (Å²) in [5.41, 5.74) is 0. The second-order valence-electron chi connectivity index (χ2n) is 4.56. The van der Waals surface area contributed by atoms with Crippen molar-refractivity contribution in [2.45, 2.75) is 25.3 Å². The first kappa shape index (κ1) is 14.5. The molecule has 0 aliphatic carbocycles. The molecule has 1 fully saturated rings. The molecule has 0 aromatic carbocycles. The Labute approximate surface area is 121 Å². The highest BCUT2D eigenvalue weighted by atomic mass is 35.5. The van der Waals surface area contributed by atoms with Gasteiger partial charge in [0.15, 0.2) is 11.0 Å². The van der Waals surface area contributed by atoms with Crippen LogP contribution in [-0.4, -0.2) is 51.6 Å². The van der Waals surface area contributed by atoms with Crippen LogP contribution in [0.4, 0.5) is 10.6 Å². The second kappa shape index (κ2) is 6.04. The van der Waals surface area contributed by atoms with E-state index in [1.54, 1.807) is 0 Å². The predicted molar refractivity (Wildman–Crippen MR) is 72.8 cm³/mol. The van der Waals surface area contributed by atoms with Gasteiger partial charge in [0.25, 0.3) is 5.91 Å². The van der Waals surface area contributed by atoms with Crippen LogP contribution in [0.25, 0.3) is 0 Å². The Morgan fingerprint density at radius 1 is 1.40 bits per heavy atom. The number of hydrogen-bond acceptors (Lipinski definition) is 4. The van der Waals surface area contributed by atoms with Crippen molar-refractivity contribution in [2.75, 3.05) is 18.5 Å². The molecular formula is C12H15ClN4O3. The maximum atomic E-state index is 12.5. The number of carbonyl (C=O) groups excluding carboxylic acids is 1. The fourth-order valence-corrected chi connectivity index (χ4v) is 2.52. The SMILES string of the molecule is CN(C(=O)C1CCCCN1C(=O)O)c1nccnc1Cl. The van der Waals surface area contributed by atoms with E-state index in [4.69, 9.17) is 16.7 Å². The second-order valence-corrected chi connectivity index (χ2v) is 4.91. The minimum atomic E-state index is -1.08. The molecule has 1 aromatic heterocycles. The molecule has 7 nitrogen and oxygen atoms in total. The standard InChI is InChI=1S/C12H15ClN4O3/c1-16(10-9(13)14-5-6-15-10)11(18)8-4-2-3-7-17(8)12(19)20/h5-6,8H,2-4,7H2,1H3,(H,19,20). The molecule has 20 heavy (non-hydrogen) atoms. The van der Waals surface area contributed by atoms with E-state index in [-0.39, 0.29) is 16.9 Å². The van der Waals surface area contributed by atoms with E-state index in [9.17, 15) is 9.59 Å². The number of likely N-dealkylation sites (N-methyl/N-ethyl adjacent to an activating group) is 1. The van der Waals surface area contributed by atoms with Gasteiger partial charge in [-0.05, 0) is 19.3 Å². The van der Waals surface area contributed by atoms with Gasteiger partial charge in [0, 0.05) is 26.0 Å². The number of aromatic nitrogens is 2. The highest BCUT2D eigenvalue weighted by molar-refractivity contribution is 6.32. The molecule has 1 saturated heterocycles. The molecule has 1 N–H and O–H groups in total. The molecule has 1 aromatic rings. The van der Waals surface area contributed by atoms with Crippen LogP contribution in [0.5, 0.6) is 0 Å². The quantitative estimate of drug-likeness (QED) is 0.896. The zero-order valence-electron chi connectivity index (χ0n) is 11.0. The maximum absolute atomic E-state index is 12.5. The van der Waals surface area contributed by atoms with Crippen LogP contribution in [0.3, 0.4) is 0 Å². The zero-order chi connectivity index (χ0) is 14.7. The van der Waals surface area contributed by atoms with Crippen molar-refractivity contribution in [1.82, 2.24) is 14.9 Å². The van der Waals surface area contributed by atoms with Crippen LogP contribution >= 0.6 is 11.6 Å². The van der Waals surface area contributed by atoms with Crippen LogP contribution in [0.2, 0.25) is 5.15 Å². The largest absolute Gasteiger partial charge is 0.465 e. The topological polar surface area (TPSA) is 86.6 Å². The molecule has 2 rings (SSSR count). The molecule has 2 heterocycles. The van der Waals surface area contributed by atoms with E-state index in [0.717, 1.165) is 12.8 Å². The monoisotopic (exact) mass is 298 g/mol. The predicted octanol–water partition coefficient (Wildman–Crippen LogP) is 1.63. The van der Waals surface area contributed by atoms with Gasteiger partial charge in [-0.15, -0.1) is 0 Å². The van der Waals surface area contributed by atoms with Crippen molar-refractivity contribution >= 4 is 29.4 Å². The number of halogens is 1. The summed E-state index contributed by atoms with van der Waals surface area (Å²) in [6.45, 7) is 0.369. The van der Waals surface area contributed by atoms with Crippen molar-refractivity contribution in [3.05, 3.63) is 17.5 Å². The van der Waals surface area contributed by atoms with Gasteiger partial charge in [-0.1, -0.05) is 11.6 Å². The number of anilines is 1. The Morgan fingerprint density at radius 2 is 2.10 bits per heavy atom. The van der Waals surface area contributed by atoms with Crippen molar-refractivity contribution < 1.29 is 14.7 Å². The van der Waals surface area contributed by atoms with Gasteiger partial charge in [0.1, 0.15) is 6.04 Å². The third-order valence-electron chi connectivity index (χ3n) is 3.32. The summed E-state index contributed by atoms with van der Waals surface area (Å²) in [6.07, 6.45) is 3.87. The van der Waals surface area contributed by atoms with Crippen molar-refractivity contribution in [3.63, 3.8) is 0 Å².